The molecule has 2 heterocycles. The molecule has 1 saturated heterocycles. The van der Waals surface area contributed by atoms with Gasteiger partial charge in [0, 0.05) is 13.1 Å². The van der Waals surface area contributed by atoms with Crippen LogP contribution in [0.15, 0.2) is 29.8 Å². The van der Waals surface area contributed by atoms with E-state index in [0.717, 1.165) is 12.0 Å². The smallest absolute Gasteiger partial charge is 0.414 e. The number of nitriles is 1. The number of carbonyl (C=O) groups excluding carboxylic acids is 1. The van der Waals surface area contributed by atoms with Crippen LogP contribution in [0.2, 0.25) is 0 Å². The molecular formula is C19H21FN4O2S. The van der Waals surface area contributed by atoms with Gasteiger partial charge in [0.15, 0.2) is 0 Å². The molecule has 0 spiro atoms. The number of nitrogens with one attached hydrogen (secondary N) is 1. The molecule has 2 aliphatic rings. The molecule has 1 aromatic carbocycles. The van der Waals surface area contributed by atoms with Gasteiger partial charge in [-0.15, -0.1) is 0 Å². The molecule has 2 aliphatic heterocycles. The fraction of sp³-hybridized carbons (Fsp3) is 0.421. The molecule has 0 saturated carbocycles. The number of hydrogen-bond donors (Lipinski definition) is 1. The highest BCUT2D eigenvalue weighted by Crippen LogP contribution is 2.29. The van der Waals surface area contributed by atoms with Crippen LogP contribution >= 0.6 is 12.2 Å². The third-order valence-electron chi connectivity index (χ3n) is 4.65. The number of nitrogens with zero attached hydrogens (tertiary/aromatic N) is 3. The molecule has 0 aromatic heterocycles. The molecule has 1 amide bonds. The van der Waals surface area contributed by atoms with E-state index in [4.69, 9.17) is 22.2 Å². The second kappa shape index (κ2) is 8.35. The highest BCUT2D eigenvalue weighted by molar-refractivity contribution is 7.80. The van der Waals surface area contributed by atoms with Crippen LogP contribution in [0.4, 0.5) is 20.6 Å². The molecule has 0 radical (unpaired) electrons. The van der Waals surface area contributed by atoms with Gasteiger partial charge in [0.2, 0.25) is 0 Å². The minimum Gasteiger partial charge on any atom is -0.442 e. The molecule has 0 bridgehead atoms. The topological polar surface area (TPSA) is 68.6 Å². The Morgan fingerprint density at radius 1 is 1.52 bits per heavy atom. The summed E-state index contributed by atoms with van der Waals surface area (Å²) in [7, 11) is 0. The van der Waals surface area contributed by atoms with Crippen molar-refractivity contribution in [1.82, 2.24) is 5.32 Å². The third-order valence-corrected chi connectivity index (χ3v) is 4.79. The van der Waals surface area contributed by atoms with E-state index in [9.17, 15) is 9.18 Å². The number of cyclic esters (lactones) is 1. The Bertz CT molecular complexity index is 820. The van der Waals surface area contributed by atoms with Gasteiger partial charge in [0.05, 0.1) is 41.9 Å². The van der Waals surface area contributed by atoms with Crippen molar-refractivity contribution < 1.29 is 13.9 Å². The summed E-state index contributed by atoms with van der Waals surface area (Å²) in [5.41, 5.74) is 2.06. The SMILES string of the molecule is CC(=S)NC[C@H]1CN(c2ccc(N3CC=C(CC#N)CC3)c(F)c2)C(=O)O1. The van der Waals surface area contributed by atoms with Gasteiger partial charge >= 0.3 is 6.09 Å². The van der Waals surface area contributed by atoms with Crippen molar-refractivity contribution in [3.63, 3.8) is 0 Å². The fourth-order valence-electron chi connectivity index (χ4n) is 3.21. The fourth-order valence-corrected chi connectivity index (χ4v) is 3.29. The Kier molecular flexibility index (Phi) is 5.91. The lowest BCUT2D eigenvalue weighted by molar-refractivity contribution is 0.143. The lowest BCUT2D eigenvalue weighted by Crippen LogP contribution is -2.32. The summed E-state index contributed by atoms with van der Waals surface area (Å²) in [4.78, 5) is 16.1. The van der Waals surface area contributed by atoms with Crippen LogP contribution in [0.5, 0.6) is 0 Å². The van der Waals surface area contributed by atoms with E-state index in [0.29, 0.717) is 49.0 Å². The Hall–Kier alpha value is -2.66. The molecule has 3 rings (SSSR count). The molecule has 1 atom stereocenters. The zero-order valence-electron chi connectivity index (χ0n) is 15.1. The van der Waals surface area contributed by atoms with E-state index in [1.807, 2.05) is 11.0 Å². The van der Waals surface area contributed by atoms with E-state index in [1.165, 1.54) is 11.0 Å². The number of amides is 1. The minimum atomic E-state index is -0.488. The number of halogens is 1. The third kappa shape index (κ3) is 4.55. The molecule has 1 N–H and O–H groups in total. The molecule has 142 valence electrons. The van der Waals surface area contributed by atoms with Crippen molar-refractivity contribution in [3.05, 3.63) is 35.7 Å². The standard InChI is InChI=1S/C19H21FN4O2S/c1-13(27)22-11-16-12-24(19(25)26-16)15-2-3-18(17(20)10-15)23-8-5-14(4-7-21)6-9-23/h2-3,5,10,16H,4,6,8-9,11-12H2,1H3,(H,22,27)/t16-/m0/s1. The second-order valence-corrected chi connectivity index (χ2v) is 7.19. The Morgan fingerprint density at radius 3 is 2.96 bits per heavy atom. The van der Waals surface area contributed by atoms with Gasteiger partial charge in [0.1, 0.15) is 11.9 Å². The molecular weight excluding hydrogens is 367 g/mol. The Labute approximate surface area is 163 Å². The van der Waals surface area contributed by atoms with Crippen LogP contribution < -0.4 is 15.1 Å². The predicted octanol–water partition coefficient (Wildman–Crippen LogP) is 3.14. The van der Waals surface area contributed by atoms with E-state index in [2.05, 4.69) is 11.4 Å². The quantitative estimate of drug-likeness (QED) is 0.617. The first-order valence-corrected chi connectivity index (χ1v) is 9.20. The van der Waals surface area contributed by atoms with Crippen LogP contribution in [0.25, 0.3) is 0 Å². The Morgan fingerprint density at radius 2 is 2.33 bits per heavy atom. The molecule has 1 aromatic rings. The first kappa shape index (κ1) is 19.1. The first-order chi connectivity index (χ1) is 13.0. The zero-order chi connectivity index (χ0) is 19.4. The maximum Gasteiger partial charge on any atom is 0.414 e. The maximum atomic E-state index is 14.7. The second-order valence-electron chi connectivity index (χ2n) is 6.58. The van der Waals surface area contributed by atoms with Crippen molar-refractivity contribution in [3.8, 4) is 6.07 Å². The summed E-state index contributed by atoms with van der Waals surface area (Å²) in [5.74, 6) is -0.381. The van der Waals surface area contributed by atoms with Gasteiger partial charge in [-0.1, -0.05) is 23.9 Å². The molecule has 0 aliphatic carbocycles. The molecule has 1 fully saturated rings. The van der Waals surface area contributed by atoms with Crippen molar-refractivity contribution >= 4 is 34.7 Å². The molecule has 27 heavy (non-hydrogen) atoms. The van der Waals surface area contributed by atoms with Gasteiger partial charge in [-0.3, -0.25) is 4.90 Å². The molecule has 6 nitrogen and oxygen atoms in total. The number of carbonyl (C=O) groups is 1. The summed E-state index contributed by atoms with van der Waals surface area (Å²) < 4.78 is 20.0. The number of thiocarbonyl (C=S) groups is 1. The van der Waals surface area contributed by atoms with Gasteiger partial charge < -0.3 is 15.0 Å². The predicted molar refractivity (Wildman–Crippen MR) is 105 cm³/mol. The summed E-state index contributed by atoms with van der Waals surface area (Å²) in [6, 6.07) is 6.93. The number of rotatable bonds is 5. The zero-order valence-corrected chi connectivity index (χ0v) is 15.9. The highest BCUT2D eigenvalue weighted by atomic mass is 32.1. The van der Waals surface area contributed by atoms with E-state index >= 15 is 0 Å². The first-order valence-electron chi connectivity index (χ1n) is 8.80. The number of anilines is 2. The molecule has 8 heteroatoms. The lowest BCUT2D eigenvalue weighted by atomic mass is 10.0. The van der Waals surface area contributed by atoms with Crippen LogP contribution in [0.1, 0.15) is 19.8 Å². The van der Waals surface area contributed by atoms with E-state index in [-0.39, 0.29) is 11.9 Å². The van der Waals surface area contributed by atoms with Crippen LogP contribution in [-0.2, 0) is 4.74 Å². The summed E-state index contributed by atoms with van der Waals surface area (Å²) >= 11 is 4.96. The van der Waals surface area contributed by atoms with Crippen molar-refractivity contribution in [2.75, 3.05) is 36.0 Å². The summed E-state index contributed by atoms with van der Waals surface area (Å²) in [5, 5.41) is 11.7. The number of hydrogen-bond acceptors (Lipinski definition) is 5. The van der Waals surface area contributed by atoms with Gasteiger partial charge in [-0.25, -0.2) is 9.18 Å². The van der Waals surface area contributed by atoms with Crippen LogP contribution in [-0.4, -0.2) is 43.4 Å². The minimum absolute atomic E-state index is 0.330. The van der Waals surface area contributed by atoms with Gasteiger partial charge in [0.25, 0.3) is 0 Å². The van der Waals surface area contributed by atoms with Crippen molar-refractivity contribution in [1.29, 1.82) is 5.26 Å². The van der Waals surface area contributed by atoms with Gasteiger partial charge in [-0.05, 0) is 31.5 Å². The highest BCUT2D eigenvalue weighted by Gasteiger charge is 2.32. The average Bonchev–Trinajstić information content (AvgIpc) is 3.02. The van der Waals surface area contributed by atoms with Crippen LogP contribution in [0, 0.1) is 17.1 Å². The summed E-state index contributed by atoms with van der Waals surface area (Å²) in [6.45, 7) is 3.78. The lowest BCUT2D eigenvalue weighted by Gasteiger charge is -2.28. The van der Waals surface area contributed by atoms with Crippen LogP contribution in [0.3, 0.4) is 0 Å². The normalized spacial score (nSPS) is 19.4. The van der Waals surface area contributed by atoms with E-state index in [1.54, 1.807) is 19.1 Å². The van der Waals surface area contributed by atoms with Gasteiger partial charge in [-0.2, -0.15) is 5.26 Å². The monoisotopic (exact) mass is 388 g/mol. The number of benzene rings is 1. The number of ether oxygens (including phenoxy) is 1. The largest absolute Gasteiger partial charge is 0.442 e. The average molecular weight is 388 g/mol. The Balaban J connectivity index is 1.68. The molecule has 0 unspecified atom stereocenters. The van der Waals surface area contributed by atoms with Crippen molar-refractivity contribution in [2.45, 2.75) is 25.9 Å². The summed E-state index contributed by atoms with van der Waals surface area (Å²) in [6.07, 6.45) is 2.34. The van der Waals surface area contributed by atoms with E-state index < -0.39 is 6.09 Å². The van der Waals surface area contributed by atoms with Crippen molar-refractivity contribution in [2.24, 2.45) is 0 Å². The maximum absolute atomic E-state index is 14.7.